The lowest BCUT2D eigenvalue weighted by Crippen LogP contribution is -2.41. The van der Waals surface area contributed by atoms with Crippen LogP contribution in [0.1, 0.15) is 25.3 Å². The van der Waals surface area contributed by atoms with Gasteiger partial charge in [0.1, 0.15) is 5.82 Å². The van der Waals surface area contributed by atoms with Crippen molar-refractivity contribution in [2.45, 2.75) is 32.7 Å². The zero-order chi connectivity index (χ0) is 16.4. The quantitative estimate of drug-likeness (QED) is 0.948. The standard InChI is InChI=1S/C18H24N4O/c1-13-17(15-7-5-4-6-8-15)20-21(3)18(13)19-16-9-11-22(12-10-16)14(2)23/h4-8,16,19H,9-12H2,1-3H3. The van der Waals surface area contributed by atoms with Gasteiger partial charge in [-0.15, -0.1) is 0 Å². The number of hydrogen-bond acceptors (Lipinski definition) is 3. The topological polar surface area (TPSA) is 50.2 Å². The number of aromatic nitrogens is 2. The van der Waals surface area contributed by atoms with Gasteiger partial charge in [-0.25, -0.2) is 0 Å². The molecular formula is C18H24N4O. The minimum atomic E-state index is 0.173. The van der Waals surface area contributed by atoms with Crippen molar-refractivity contribution in [3.05, 3.63) is 35.9 Å². The Morgan fingerprint density at radius 3 is 2.48 bits per heavy atom. The number of anilines is 1. The number of carbonyl (C=O) groups is 1. The van der Waals surface area contributed by atoms with Crippen molar-refractivity contribution in [3.63, 3.8) is 0 Å². The molecule has 23 heavy (non-hydrogen) atoms. The molecule has 2 aromatic rings. The van der Waals surface area contributed by atoms with Gasteiger partial charge in [0.2, 0.25) is 5.91 Å². The van der Waals surface area contributed by atoms with E-state index in [0.717, 1.165) is 43.0 Å². The van der Waals surface area contributed by atoms with Crippen molar-refractivity contribution < 1.29 is 4.79 Å². The smallest absolute Gasteiger partial charge is 0.219 e. The Morgan fingerprint density at radius 2 is 1.87 bits per heavy atom. The van der Waals surface area contributed by atoms with Gasteiger partial charge in [0.05, 0.1) is 5.69 Å². The molecule has 0 unspecified atom stereocenters. The van der Waals surface area contributed by atoms with Crippen molar-refractivity contribution in [1.29, 1.82) is 0 Å². The summed E-state index contributed by atoms with van der Waals surface area (Å²) in [4.78, 5) is 13.3. The van der Waals surface area contributed by atoms with Crippen LogP contribution in [0, 0.1) is 6.92 Å². The minimum absolute atomic E-state index is 0.173. The molecule has 122 valence electrons. The second-order valence-corrected chi connectivity index (χ2v) is 6.24. The van der Waals surface area contributed by atoms with Crippen molar-refractivity contribution in [2.75, 3.05) is 18.4 Å². The molecule has 1 aromatic carbocycles. The molecule has 1 aromatic heterocycles. The van der Waals surface area contributed by atoms with Crippen LogP contribution in [-0.2, 0) is 11.8 Å². The average Bonchev–Trinajstić information content (AvgIpc) is 2.84. The Hall–Kier alpha value is -2.30. The summed E-state index contributed by atoms with van der Waals surface area (Å²) in [6.07, 6.45) is 1.95. The lowest BCUT2D eigenvalue weighted by atomic mass is 10.0. The number of hydrogen-bond donors (Lipinski definition) is 1. The van der Waals surface area contributed by atoms with Crippen LogP contribution in [0.3, 0.4) is 0 Å². The van der Waals surface area contributed by atoms with E-state index in [0.29, 0.717) is 6.04 Å². The number of likely N-dealkylation sites (tertiary alicyclic amines) is 1. The first-order chi connectivity index (χ1) is 11.1. The van der Waals surface area contributed by atoms with E-state index in [1.54, 1.807) is 6.92 Å². The second-order valence-electron chi connectivity index (χ2n) is 6.24. The Bertz CT molecular complexity index is 685. The highest BCUT2D eigenvalue weighted by Gasteiger charge is 2.23. The van der Waals surface area contributed by atoms with E-state index in [9.17, 15) is 4.79 Å². The highest BCUT2D eigenvalue weighted by molar-refractivity contribution is 5.73. The molecule has 1 N–H and O–H groups in total. The number of nitrogens with zero attached hydrogens (tertiary/aromatic N) is 3. The maximum atomic E-state index is 11.4. The van der Waals surface area contributed by atoms with Crippen LogP contribution in [0.2, 0.25) is 0 Å². The molecule has 1 fully saturated rings. The first kappa shape index (κ1) is 15.6. The number of aryl methyl sites for hydroxylation is 1. The van der Waals surface area contributed by atoms with Crippen LogP contribution < -0.4 is 5.32 Å². The number of carbonyl (C=O) groups excluding carboxylic acids is 1. The predicted octanol–water partition coefficient (Wildman–Crippen LogP) is 2.82. The number of benzene rings is 1. The van der Waals surface area contributed by atoms with Crippen molar-refractivity contribution in [2.24, 2.45) is 7.05 Å². The van der Waals surface area contributed by atoms with Crippen LogP contribution >= 0.6 is 0 Å². The zero-order valence-corrected chi connectivity index (χ0v) is 14.0. The molecule has 3 rings (SSSR count). The fourth-order valence-electron chi connectivity index (χ4n) is 3.23. The summed E-state index contributed by atoms with van der Waals surface area (Å²) in [5.74, 6) is 1.25. The van der Waals surface area contributed by atoms with Gasteiger partial charge in [0.25, 0.3) is 0 Å². The van der Waals surface area contributed by atoms with Gasteiger partial charge in [-0.1, -0.05) is 30.3 Å². The van der Waals surface area contributed by atoms with Gasteiger partial charge in [-0.05, 0) is 19.8 Å². The van der Waals surface area contributed by atoms with Gasteiger partial charge < -0.3 is 10.2 Å². The van der Waals surface area contributed by atoms with Crippen molar-refractivity contribution in [1.82, 2.24) is 14.7 Å². The zero-order valence-electron chi connectivity index (χ0n) is 14.0. The van der Waals surface area contributed by atoms with Crippen LogP contribution in [0.5, 0.6) is 0 Å². The van der Waals surface area contributed by atoms with E-state index in [1.807, 2.05) is 34.8 Å². The first-order valence-corrected chi connectivity index (χ1v) is 8.17. The van der Waals surface area contributed by atoms with E-state index in [1.165, 1.54) is 5.56 Å². The molecule has 0 spiro atoms. The summed E-state index contributed by atoms with van der Waals surface area (Å²) < 4.78 is 1.93. The molecule has 0 radical (unpaired) electrons. The number of amides is 1. The van der Waals surface area contributed by atoms with E-state index < -0.39 is 0 Å². The number of nitrogens with one attached hydrogen (secondary N) is 1. The molecular weight excluding hydrogens is 288 g/mol. The van der Waals surface area contributed by atoms with Gasteiger partial charge in [0.15, 0.2) is 0 Å². The largest absolute Gasteiger partial charge is 0.367 e. The van der Waals surface area contributed by atoms with Crippen molar-refractivity contribution >= 4 is 11.7 Å². The maximum Gasteiger partial charge on any atom is 0.219 e. The average molecular weight is 312 g/mol. The normalized spacial score (nSPS) is 15.7. The van der Waals surface area contributed by atoms with Crippen LogP contribution in [0.25, 0.3) is 11.3 Å². The fraction of sp³-hybridized carbons (Fsp3) is 0.444. The molecule has 1 saturated heterocycles. The number of rotatable bonds is 3. The molecule has 1 amide bonds. The predicted molar refractivity (Wildman–Crippen MR) is 92.3 cm³/mol. The van der Waals surface area contributed by atoms with Gasteiger partial charge in [0, 0.05) is 44.2 Å². The molecule has 0 saturated carbocycles. The van der Waals surface area contributed by atoms with Crippen molar-refractivity contribution in [3.8, 4) is 11.3 Å². The summed E-state index contributed by atoms with van der Waals surface area (Å²) in [5, 5.41) is 8.31. The van der Waals surface area contributed by atoms with E-state index in [2.05, 4.69) is 29.5 Å². The van der Waals surface area contributed by atoms with Crippen LogP contribution in [0.4, 0.5) is 5.82 Å². The van der Waals surface area contributed by atoms with E-state index in [4.69, 9.17) is 0 Å². The lowest BCUT2D eigenvalue weighted by molar-refractivity contribution is -0.129. The lowest BCUT2D eigenvalue weighted by Gasteiger charge is -2.32. The van der Waals surface area contributed by atoms with Crippen LogP contribution in [-0.4, -0.2) is 39.7 Å². The highest BCUT2D eigenvalue weighted by Crippen LogP contribution is 2.28. The third kappa shape index (κ3) is 3.23. The second kappa shape index (κ2) is 6.44. The number of piperidine rings is 1. The molecule has 0 aliphatic carbocycles. The SMILES string of the molecule is CC(=O)N1CCC(Nc2c(C)c(-c3ccccc3)nn2C)CC1. The molecule has 0 bridgehead atoms. The third-order valence-corrected chi connectivity index (χ3v) is 4.61. The molecule has 2 heterocycles. The van der Waals surface area contributed by atoms with Gasteiger partial charge in [-0.3, -0.25) is 9.48 Å². The third-order valence-electron chi connectivity index (χ3n) is 4.61. The summed E-state index contributed by atoms with van der Waals surface area (Å²) in [6.45, 7) is 5.42. The fourth-order valence-corrected chi connectivity index (χ4v) is 3.23. The minimum Gasteiger partial charge on any atom is -0.367 e. The van der Waals surface area contributed by atoms with Gasteiger partial charge in [-0.2, -0.15) is 5.10 Å². The Balaban J connectivity index is 1.75. The van der Waals surface area contributed by atoms with E-state index >= 15 is 0 Å². The summed E-state index contributed by atoms with van der Waals surface area (Å²) >= 11 is 0. The molecule has 5 nitrogen and oxygen atoms in total. The van der Waals surface area contributed by atoms with E-state index in [-0.39, 0.29) is 5.91 Å². The molecule has 1 aliphatic rings. The Morgan fingerprint density at radius 1 is 1.22 bits per heavy atom. The summed E-state index contributed by atoms with van der Waals surface area (Å²) in [7, 11) is 1.98. The molecule has 1 aliphatic heterocycles. The monoisotopic (exact) mass is 312 g/mol. The maximum absolute atomic E-state index is 11.4. The van der Waals surface area contributed by atoms with Crippen LogP contribution in [0.15, 0.2) is 30.3 Å². The highest BCUT2D eigenvalue weighted by atomic mass is 16.2. The Kier molecular flexibility index (Phi) is 4.37. The molecule has 5 heteroatoms. The first-order valence-electron chi connectivity index (χ1n) is 8.17. The summed E-state index contributed by atoms with van der Waals surface area (Å²) in [6, 6.07) is 10.7. The van der Waals surface area contributed by atoms with Gasteiger partial charge >= 0.3 is 0 Å². The molecule has 0 atom stereocenters. The Labute approximate surface area is 137 Å². The summed E-state index contributed by atoms with van der Waals surface area (Å²) in [5.41, 5.74) is 3.34.